The van der Waals surface area contributed by atoms with Crippen LogP contribution in [0.2, 0.25) is 18.1 Å². The molecule has 43 heavy (non-hydrogen) atoms. The lowest BCUT2D eigenvalue weighted by Gasteiger charge is -2.36. The van der Waals surface area contributed by atoms with Crippen molar-refractivity contribution in [3.05, 3.63) is 107 Å². The minimum absolute atomic E-state index is 0.103. The van der Waals surface area contributed by atoms with E-state index in [2.05, 4.69) is 69.5 Å². The van der Waals surface area contributed by atoms with Crippen molar-refractivity contribution in [2.45, 2.75) is 58.5 Å². The first kappa shape index (κ1) is 32.0. The van der Waals surface area contributed by atoms with Crippen LogP contribution in [0.4, 0.5) is 11.4 Å². The lowest BCUT2D eigenvalue weighted by molar-refractivity contribution is 0.276. The Hall–Kier alpha value is -3.94. The summed E-state index contributed by atoms with van der Waals surface area (Å²) in [6.45, 7) is 12.2. The summed E-state index contributed by atoms with van der Waals surface area (Å²) in [5.74, 6) is 2.95. The zero-order chi connectivity index (χ0) is 31.0. The van der Waals surface area contributed by atoms with Gasteiger partial charge in [-0.1, -0.05) is 63.2 Å². The van der Waals surface area contributed by atoms with Crippen molar-refractivity contribution >= 4 is 19.7 Å². The number of ether oxygens (including phenoxy) is 4. The van der Waals surface area contributed by atoms with Gasteiger partial charge in [-0.15, -0.1) is 0 Å². The predicted molar refractivity (Wildman–Crippen MR) is 178 cm³/mol. The minimum Gasteiger partial charge on any atom is -0.497 e. The molecule has 0 aliphatic rings. The molecule has 228 valence electrons. The smallest absolute Gasteiger partial charge is 0.192 e. The molecule has 4 rings (SSSR count). The molecule has 0 aliphatic heterocycles. The first-order valence-corrected chi connectivity index (χ1v) is 17.5. The van der Waals surface area contributed by atoms with E-state index in [1.165, 1.54) is 0 Å². The van der Waals surface area contributed by atoms with Crippen molar-refractivity contribution < 1.29 is 23.4 Å². The normalized spacial score (nSPS) is 11.6. The molecule has 0 saturated heterocycles. The molecule has 4 aromatic rings. The van der Waals surface area contributed by atoms with Crippen LogP contribution in [0.25, 0.3) is 0 Å². The van der Waals surface area contributed by atoms with Crippen molar-refractivity contribution in [2.75, 3.05) is 26.6 Å². The van der Waals surface area contributed by atoms with Gasteiger partial charge in [0.25, 0.3) is 0 Å². The standard InChI is InChI=1S/C36H45NO5Si/c1-36(2,3)43(7,8)42-25-29-21-31(39-5)17-18-32(29)37-33-23-34(40-6)35(41-24-26-13-10-9-11-14-26)22-28(33)19-27-15-12-16-30(20-27)38-4/h9-18,20-23,37H,19,24-25H2,1-8H3. The SMILES string of the molecule is COc1cccc(Cc2cc(OCc3ccccc3)c(OC)cc2Nc2ccc(OC)cc2CO[Si](C)(C)C(C)(C)C)c1. The fourth-order valence-corrected chi connectivity index (χ4v) is 5.38. The van der Waals surface area contributed by atoms with Gasteiger partial charge in [0.15, 0.2) is 19.8 Å². The summed E-state index contributed by atoms with van der Waals surface area (Å²) in [5, 5.41) is 3.81. The highest BCUT2D eigenvalue weighted by Crippen LogP contribution is 2.40. The number of hydrogen-bond donors (Lipinski definition) is 1. The summed E-state index contributed by atoms with van der Waals surface area (Å²) in [6, 6.07) is 28.4. The lowest BCUT2D eigenvalue weighted by Crippen LogP contribution is -2.40. The molecule has 1 N–H and O–H groups in total. The van der Waals surface area contributed by atoms with E-state index in [1.807, 2.05) is 54.6 Å². The van der Waals surface area contributed by atoms with Crippen LogP contribution < -0.4 is 24.3 Å². The Kier molecular flexibility index (Phi) is 10.4. The van der Waals surface area contributed by atoms with Crippen LogP contribution in [0.3, 0.4) is 0 Å². The molecule has 0 heterocycles. The van der Waals surface area contributed by atoms with Crippen LogP contribution in [0.5, 0.6) is 23.0 Å². The third kappa shape index (κ3) is 8.33. The molecule has 0 fully saturated rings. The minimum atomic E-state index is -1.98. The Morgan fingerprint density at radius 3 is 2.00 bits per heavy atom. The summed E-state index contributed by atoms with van der Waals surface area (Å²) in [6.07, 6.45) is 0.664. The summed E-state index contributed by atoms with van der Waals surface area (Å²) in [4.78, 5) is 0. The Morgan fingerprint density at radius 2 is 1.33 bits per heavy atom. The summed E-state index contributed by atoms with van der Waals surface area (Å²) in [5.41, 5.74) is 6.17. The molecule has 0 atom stereocenters. The Bertz CT molecular complexity index is 1500. The molecule has 0 radical (unpaired) electrons. The van der Waals surface area contributed by atoms with E-state index >= 15 is 0 Å². The van der Waals surface area contributed by atoms with Gasteiger partial charge in [-0.25, -0.2) is 0 Å². The van der Waals surface area contributed by atoms with Gasteiger partial charge in [-0.2, -0.15) is 0 Å². The van der Waals surface area contributed by atoms with Gasteiger partial charge >= 0.3 is 0 Å². The maximum absolute atomic E-state index is 6.63. The number of benzene rings is 4. The maximum atomic E-state index is 6.63. The van der Waals surface area contributed by atoms with Gasteiger partial charge < -0.3 is 28.7 Å². The average molecular weight is 600 g/mol. The largest absolute Gasteiger partial charge is 0.497 e. The van der Waals surface area contributed by atoms with Crippen molar-refractivity contribution in [1.82, 2.24) is 0 Å². The molecular weight excluding hydrogens is 554 g/mol. The van der Waals surface area contributed by atoms with E-state index in [1.54, 1.807) is 21.3 Å². The summed E-state index contributed by atoms with van der Waals surface area (Å²) < 4.78 is 29.8. The molecule has 4 aromatic carbocycles. The van der Waals surface area contributed by atoms with Gasteiger partial charge in [0.05, 0.1) is 27.9 Å². The first-order valence-electron chi connectivity index (χ1n) is 14.6. The van der Waals surface area contributed by atoms with Gasteiger partial charge in [0, 0.05) is 23.0 Å². The highest BCUT2D eigenvalue weighted by atomic mass is 28.4. The quantitative estimate of drug-likeness (QED) is 0.155. The molecule has 0 aromatic heterocycles. The molecule has 7 heteroatoms. The molecule has 0 saturated carbocycles. The summed E-state index contributed by atoms with van der Waals surface area (Å²) >= 11 is 0. The predicted octanol–water partition coefficient (Wildman–Crippen LogP) is 9.15. The Balaban J connectivity index is 1.72. The maximum Gasteiger partial charge on any atom is 0.192 e. The highest BCUT2D eigenvalue weighted by Gasteiger charge is 2.37. The third-order valence-electron chi connectivity index (χ3n) is 8.13. The zero-order valence-corrected chi connectivity index (χ0v) is 27.7. The molecule has 0 bridgehead atoms. The topological polar surface area (TPSA) is 58.2 Å². The number of rotatable bonds is 13. The van der Waals surface area contributed by atoms with Crippen LogP contribution >= 0.6 is 0 Å². The first-order chi connectivity index (χ1) is 20.5. The number of methoxy groups -OCH3 is 3. The fraction of sp³-hybridized carbons (Fsp3) is 0.333. The van der Waals surface area contributed by atoms with E-state index in [9.17, 15) is 0 Å². The second kappa shape index (κ2) is 14.0. The van der Waals surface area contributed by atoms with Crippen LogP contribution in [0.15, 0.2) is 84.9 Å². The second-order valence-electron chi connectivity index (χ2n) is 12.2. The number of nitrogens with one attached hydrogen (secondary N) is 1. The molecule has 0 unspecified atom stereocenters. The molecule has 0 spiro atoms. The molecule has 0 aliphatic carbocycles. The van der Waals surface area contributed by atoms with Crippen LogP contribution in [0, 0.1) is 0 Å². The van der Waals surface area contributed by atoms with E-state index < -0.39 is 8.32 Å². The van der Waals surface area contributed by atoms with Crippen LogP contribution in [-0.2, 0) is 24.1 Å². The van der Waals surface area contributed by atoms with Crippen LogP contribution in [0.1, 0.15) is 43.0 Å². The fourth-order valence-electron chi connectivity index (χ4n) is 4.43. The van der Waals surface area contributed by atoms with E-state index in [-0.39, 0.29) is 5.04 Å². The van der Waals surface area contributed by atoms with Gasteiger partial charge in [0.2, 0.25) is 0 Å². The Morgan fingerprint density at radius 1 is 0.628 bits per heavy atom. The van der Waals surface area contributed by atoms with Crippen molar-refractivity contribution in [1.29, 1.82) is 0 Å². The molecule has 6 nitrogen and oxygen atoms in total. The van der Waals surface area contributed by atoms with Crippen molar-refractivity contribution in [3.63, 3.8) is 0 Å². The van der Waals surface area contributed by atoms with Gasteiger partial charge in [0.1, 0.15) is 18.1 Å². The lowest BCUT2D eigenvalue weighted by atomic mass is 10.0. The number of hydrogen-bond acceptors (Lipinski definition) is 6. The molecular formula is C36H45NO5Si. The Labute approximate surface area is 258 Å². The van der Waals surface area contributed by atoms with Gasteiger partial charge in [-0.05, 0) is 77.6 Å². The third-order valence-corrected chi connectivity index (χ3v) is 12.6. The second-order valence-corrected chi connectivity index (χ2v) is 17.0. The molecule has 0 amide bonds. The monoisotopic (exact) mass is 599 g/mol. The van der Waals surface area contributed by atoms with E-state index in [0.29, 0.717) is 31.1 Å². The van der Waals surface area contributed by atoms with E-state index in [4.69, 9.17) is 23.4 Å². The number of anilines is 2. The zero-order valence-electron chi connectivity index (χ0n) is 26.7. The summed E-state index contributed by atoms with van der Waals surface area (Å²) in [7, 11) is 3.06. The van der Waals surface area contributed by atoms with Crippen molar-refractivity contribution in [2.24, 2.45) is 0 Å². The van der Waals surface area contributed by atoms with Crippen LogP contribution in [-0.4, -0.2) is 29.6 Å². The average Bonchev–Trinajstić information content (AvgIpc) is 3.00. The highest BCUT2D eigenvalue weighted by molar-refractivity contribution is 6.74. The van der Waals surface area contributed by atoms with Crippen molar-refractivity contribution in [3.8, 4) is 23.0 Å². The van der Waals surface area contributed by atoms with Gasteiger partial charge in [-0.3, -0.25) is 0 Å². The van der Waals surface area contributed by atoms with E-state index in [0.717, 1.165) is 45.1 Å².